The smallest absolute Gasteiger partial charge is 0.0613 e. The molecule has 1 aliphatic heterocycles. The molecule has 3 heteroatoms. The van der Waals surface area contributed by atoms with E-state index in [-0.39, 0.29) is 12.1 Å². The van der Waals surface area contributed by atoms with Crippen molar-refractivity contribution in [2.24, 2.45) is 5.92 Å². The van der Waals surface area contributed by atoms with Gasteiger partial charge in [-0.3, -0.25) is 4.90 Å². The first-order chi connectivity index (χ1) is 8.62. The molecule has 0 bridgehead atoms. The van der Waals surface area contributed by atoms with E-state index in [2.05, 4.69) is 31.0 Å². The Kier molecular flexibility index (Phi) is 4.68. The number of nitrogens with zero attached hydrogens (tertiary/aromatic N) is 1. The van der Waals surface area contributed by atoms with Gasteiger partial charge < -0.3 is 10.4 Å². The fourth-order valence-electron chi connectivity index (χ4n) is 4.10. The van der Waals surface area contributed by atoms with Crippen LogP contribution in [0.15, 0.2) is 0 Å². The molecule has 1 saturated carbocycles. The van der Waals surface area contributed by atoms with Crippen molar-refractivity contribution in [2.75, 3.05) is 19.7 Å². The Hall–Kier alpha value is -0.120. The summed E-state index contributed by atoms with van der Waals surface area (Å²) in [6, 6.07) is 1.46. The van der Waals surface area contributed by atoms with E-state index in [1.165, 1.54) is 25.8 Å². The molecule has 106 valence electrons. The normalized spacial score (nSPS) is 37.8. The molecule has 3 nitrogen and oxygen atoms in total. The molecule has 3 unspecified atom stereocenters. The number of nitrogens with one attached hydrogen (secondary N) is 1. The molecule has 3 atom stereocenters. The second-order valence-corrected chi connectivity index (χ2v) is 6.56. The van der Waals surface area contributed by atoms with Gasteiger partial charge in [-0.15, -0.1) is 0 Å². The van der Waals surface area contributed by atoms with Gasteiger partial charge in [0.15, 0.2) is 0 Å². The van der Waals surface area contributed by atoms with Crippen LogP contribution in [0.25, 0.3) is 0 Å². The predicted molar refractivity (Wildman–Crippen MR) is 75.7 cm³/mol. The average Bonchev–Trinajstić information content (AvgIpc) is 2.95. The maximum atomic E-state index is 9.70. The van der Waals surface area contributed by atoms with E-state index in [1.807, 2.05) is 0 Å². The van der Waals surface area contributed by atoms with Gasteiger partial charge in [-0.05, 0) is 51.1 Å². The summed E-state index contributed by atoms with van der Waals surface area (Å²) in [5.41, 5.74) is 0.00351. The topological polar surface area (TPSA) is 35.5 Å². The minimum Gasteiger partial charge on any atom is -0.394 e. The summed E-state index contributed by atoms with van der Waals surface area (Å²) in [5, 5.41) is 13.2. The Morgan fingerprint density at radius 3 is 2.78 bits per heavy atom. The summed E-state index contributed by atoms with van der Waals surface area (Å²) < 4.78 is 0. The highest BCUT2D eigenvalue weighted by Gasteiger charge is 2.43. The monoisotopic (exact) mass is 254 g/mol. The molecular weight excluding hydrogens is 224 g/mol. The summed E-state index contributed by atoms with van der Waals surface area (Å²) in [6.07, 6.45) is 6.22. The van der Waals surface area contributed by atoms with Gasteiger partial charge in [0.25, 0.3) is 0 Å². The standard InChI is InChI=1S/C15H30N2O/c1-4-16-15(11-18)8-7-13(10-15)17-9-5-6-14(17)12(2)3/h12-14,16,18H,4-11H2,1-3H3. The molecule has 0 aromatic heterocycles. The van der Waals surface area contributed by atoms with Crippen LogP contribution in [0, 0.1) is 5.92 Å². The molecule has 2 fully saturated rings. The number of aliphatic hydroxyl groups is 1. The molecule has 0 spiro atoms. The molecular formula is C15H30N2O. The number of hydrogen-bond acceptors (Lipinski definition) is 3. The largest absolute Gasteiger partial charge is 0.394 e. The zero-order valence-electron chi connectivity index (χ0n) is 12.3. The van der Waals surface area contributed by atoms with Gasteiger partial charge in [-0.1, -0.05) is 20.8 Å². The van der Waals surface area contributed by atoms with Gasteiger partial charge in [-0.2, -0.15) is 0 Å². The number of rotatable bonds is 5. The van der Waals surface area contributed by atoms with Gasteiger partial charge in [0.05, 0.1) is 6.61 Å². The Morgan fingerprint density at radius 1 is 1.39 bits per heavy atom. The predicted octanol–water partition coefficient (Wildman–Crippen LogP) is 2.00. The number of hydrogen-bond donors (Lipinski definition) is 2. The molecule has 1 heterocycles. The third kappa shape index (κ3) is 2.73. The molecule has 18 heavy (non-hydrogen) atoms. The maximum absolute atomic E-state index is 9.70. The van der Waals surface area contributed by atoms with Gasteiger partial charge >= 0.3 is 0 Å². The van der Waals surface area contributed by atoms with Crippen LogP contribution in [0.4, 0.5) is 0 Å². The Morgan fingerprint density at radius 2 is 2.17 bits per heavy atom. The van der Waals surface area contributed by atoms with E-state index in [4.69, 9.17) is 0 Å². The summed E-state index contributed by atoms with van der Waals surface area (Å²) in [6.45, 7) is 9.35. The van der Waals surface area contributed by atoms with E-state index in [0.29, 0.717) is 6.04 Å². The van der Waals surface area contributed by atoms with Crippen molar-refractivity contribution >= 4 is 0 Å². The fraction of sp³-hybridized carbons (Fsp3) is 1.00. The van der Waals surface area contributed by atoms with E-state index in [9.17, 15) is 5.11 Å². The van der Waals surface area contributed by atoms with Crippen molar-refractivity contribution in [1.29, 1.82) is 0 Å². The first-order valence-electron chi connectivity index (χ1n) is 7.73. The van der Waals surface area contributed by atoms with E-state index < -0.39 is 0 Å². The van der Waals surface area contributed by atoms with Crippen molar-refractivity contribution in [3.05, 3.63) is 0 Å². The summed E-state index contributed by atoms with van der Waals surface area (Å²) in [4.78, 5) is 2.74. The van der Waals surface area contributed by atoms with Crippen LogP contribution >= 0.6 is 0 Å². The highest BCUT2D eigenvalue weighted by molar-refractivity contribution is 5.01. The summed E-state index contributed by atoms with van der Waals surface area (Å²) in [5.74, 6) is 0.760. The number of likely N-dealkylation sites (tertiary alicyclic amines) is 1. The van der Waals surface area contributed by atoms with E-state index >= 15 is 0 Å². The third-order valence-corrected chi connectivity index (χ3v) is 5.02. The number of likely N-dealkylation sites (N-methyl/N-ethyl adjacent to an activating group) is 1. The van der Waals surface area contributed by atoms with Crippen molar-refractivity contribution in [3.63, 3.8) is 0 Å². The van der Waals surface area contributed by atoms with Gasteiger partial charge in [0.1, 0.15) is 0 Å². The van der Waals surface area contributed by atoms with E-state index in [0.717, 1.165) is 31.3 Å². The molecule has 0 radical (unpaired) electrons. The molecule has 0 aromatic rings. The van der Waals surface area contributed by atoms with Crippen LogP contribution in [0.5, 0.6) is 0 Å². The Balaban J connectivity index is 1.99. The van der Waals surface area contributed by atoms with Crippen molar-refractivity contribution in [2.45, 2.75) is 70.5 Å². The van der Waals surface area contributed by atoms with Crippen LogP contribution in [0.3, 0.4) is 0 Å². The van der Waals surface area contributed by atoms with Crippen LogP contribution < -0.4 is 5.32 Å². The average molecular weight is 254 g/mol. The molecule has 0 amide bonds. The maximum Gasteiger partial charge on any atom is 0.0613 e. The van der Waals surface area contributed by atoms with Crippen LogP contribution in [0.2, 0.25) is 0 Å². The van der Waals surface area contributed by atoms with Gasteiger partial charge in [0, 0.05) is 17.6 Å². The zero-order chi connectivity index (χ0) is 13.2. The highest BCUT2D eigenvalue weighted by Crippen LogP contribution is 2.37. The highest BCUT2D eigenvalue weighted by atomic mass is 16.3. The molecule has 2 N–H and O–H groups in total. The van der Waals surface area contributed by atoms with E-state index in [1.54, 1.807) is 0 Å². The second kappa shape index (κ2) is 5.89. The van der Waals surface area contributed by atoms with Crippen molar-refractivity contribution < 1.29 is 5.11 Å². The Labute approximate surface area is 112 Å². The quantitative estimate of drug-likeness (QED) is 0.788. The zero-order valence-corrected chi connectivity index (χ0v) is 12.3. The van der Waals surface area contributed by atoms with Crippen molar-refractivity contribution in [3.8, 4) is 0 Å². The van der Waals surface area contributed by atoms with Crippen LogP contribution in [-0.2, 0) is 0 Å². The molecule has 1 aliphatic carbocycles. The SMILES string of the molecule is CCNC1(CO)CCC(N2CCCC2C(C)C)C1. The first kappa shape index (κ1) is 14.3. The lowest BCUT2D eigenvalue weighted by Gasteiger charge is -2.35. The lowest BCUT2D eigenvalue weighted by molar-refractivity contribution is 0.122. The van der Waals surface area contributed by atoms with Crippen LogP contribution in [-0.4, -0.2) is 47.3 Å². The lowest BCUT2D eigenvalue weighted by atomic mass is 9.97. The minimum atomic E-state index is 0.00351. The minimum absolute atomic E-state index is 0.00351. The van der Waals surface area contributed by atoms with Crippen LogP contribution in [0.1, 0.15) is 52.9 Å². The third-order valence-electron chi connectivity index (χ3n) is 5.02. The summed E-state index contributed by atoms with van der Waals surface area (Å²) in [7, 11) is 0. The second-order valence-electron chi connectivity index (χ2n) is 6.56. The Bertz CT molecular complexity index is 269. The molecule has 2 rings (SSSR count). The van der Waals surface area contributed by atoms with Gasteiger partial charge in [0.2, 0.25) is 0 Å². The molecule has 1 saturated heterocycles. The molecule has 2 aliphatic rings. The summed E-state index contributed by atoms with van der Waals surface area (Å²) >= 11 is 0. The number of aliphatic hydroxyl groups excluding tert-OH is 1. The molecule has 0 aromatic carbocycles. The lowest BCUT2D eigenvalue weighted by Crippen LogP contribution is -2.48. The first-order valence-corrected chi connectivity index (χ1v) is 7.73. The van der Waals surface area contributed by atoms with Gasteiger partial charge in [-0.25, -0.2) is 0 Å². The van der Waals surface area contributed by atoms with Crippen molar-refractivity contribution in [1.82, 2.24) is 10.2 Å². The fourth-order valence-corrected chi connectivity index (χ4v) is 4.10.